The lowest BCUT2D eigenvalue weighted by Gasteiger charge is -2.39. The van der Waals surface area contributed by atoms with E-state index in [1.807, 2.05) is 0 Å². The van der Waals surface area contributed by atoms with E-state index in [2.05, 4.69) is 25.2 Å². The molecule has 0 aromatic carbocycles. The molecule has 0 spiro atoms. The molecule has 0 atom stereocenters. The largest absolute Gasteiger partial charge is 0.395 e. The Kier molecular flexibility index (Phi) is 3.52. The van der Waals surface area contributed by atoms with Crippen LogP contribution in [0.3, 0.4) is 0 Å². The van der Waals surface area contributed by atoms with Crippen molar-refractivity contribution in [2.24, 2.45) is 5.41 Å². The van der Waals surface area contributed by atoms with E-state index in [1.165, 1.54) is 0 Å². The highest BCUT2D eigenvalue weighted by atomic mass is 16.3. The summed E-state index contributed by atoms with van der Waals surface area (Å²) in [5.74, 6) is 0. The molecular weight excluding hydrogens is 176 g/mol. The minimum absolute atomic E-state index is 0.104. The quantitative estimate of drug-likeness (QED) is 0.718. The molecule has 0 heterocycles. The zero-order valence-corrected chi connectivity index (χ0v) is 9.14. The third-order valence-corrected chi connectivity index (χ3v) is 3.25. The molecule has 1 aliphatic carbocycles. The van der Waals surface area contributed by atoms with Crippen LogP contribution < -0.4 is 5.32 Å². The molecule has 1 fully saturated rings. The standard InChI is InChI=1S/C11H20N2O/c1-10(2)3-5-11(9-12,6-4-10)13-7-8-14/h13-14H,3-8H2,1-2H3. The molecule has 1 rings (SSSR count). The van der Waals surface area contributed by atoms with Gasteiger partial charge in [0.05, 0.1) is 12.7 Å². The van der Waals surface area contributed by atoms with Gasteiger partial charge in [-0.05, 0) is 31.1 Å². The third kappa shape index (κ3) is 2.70. The van der Waals surface area contributed by atoms with Crippen molar-refractivity contribution in [2.75, 3.05) is 13.2 Å². The Hall–Kier alpha value is -0.590. The predicted octanol–water partition coefficient (Wildman–Crippen LogP) is 1.43. The molecular formula is C11H20N2O. The molecule has 3 heteroatoms. The van der Waals surface area contributed by atoms with Crippen LogP contribution in [0.1, 0.15) is 39.5 Å². The van der Waals surface area contributed by atoms with Crippen molar-refractivity contribution in [3.8, 4) is 6.07 Å². The normalized spacial score (nSPS) is 24.1. The number of hydrogen-bond donors (Lipinski definition) is 2. The zero-order chi connectivity index (χ0) is 10.7. The molecule has 2 N–H and O–H groups in total. The minimum atomic E-state index is -0.377. The summed E-state index contributed by atoms with van der Waals surface area (Å²) >= 11 is 0. The van der Waals surface area contributed by atoms with Gasteiger partial charge in [0.15, 0.2) is 0 Å². The summed E-state index contributed by atoms with van der Waals surface area (Å²) in [7, 11) is 0. The van der Waals surface area contributed by atoms with Crippen LogP contribution in [0.2, 0.25) is 0 Å². The maximum absolute atomic E-state index is 9.14. The van der Waals surface area contributed by atoms with Gasteiger partial charge in [0.25, 0.3) is 0 Å². The van der Waals surface area contributed by atoms with Crippen molar-refractivity contribution < 1.29 is 5.11 Å². The van der Waals surface area contributed by atoms with Gasteiger partial charge >= 0.3 is 0 Å². The lowest BCUT2D eigenvalue weighted by molar-refractivity contribution is 0.162. The van der Waals surface area contributed by atoms with Crippen molar-refractivity contribution in [3.63, 3.8) is 0 Å². The van der Waals surface area contributed by atoms with Gasteiger partial charge in [-0.15, -0.1) is 0 Å². The summed E-state index contributed by atoms with van der Waals surface area (Å²) in [6.45, 7) is 5.13. The second-order valence-electron chi connectivity index (χ2n) is 5.01. The maximum atomic E-state index is 9.14. The van der Waals surface area contributed by atoms with E-state index < -0.39 is 0 Å². The van der Waals surface area contributed by atoms with Gasteiger partial charge in [0, 0.05) is 6.54 Å². The molecule has 80 valence electrons. The fraction of sp³-hybridized carbons (Fsp3) is 0.909. The van der Waals surface area contributed by atoms with Crippen LogP contribution in [0, 0.1) is 16.7 Å². The molecule has 0 amide bonds. The number of nitriles is 1. The topological polar surface area (TPSA) is 56.0 Å². The highest BCUT2D eigenvalue weighted by Gasteiger charge is 2.37. The first-order chi connectivity index (χ1) is 6.54. The molecule has 1 aliphatic rings. The van der Waals surface area contributed by atoms with Crippen LogP contribution in [0.15, 0.2) is 0 Å². The van der Waals surface area contributed by atoms with E-state index in [0.29, 0.717) is 12.0 Å². The first-order valence-electron chi connectivity index (χ1n) is 5.31. The van der Waals surface area contributed by atoms with Gasteiger partial charge < -0.3 is 5.11 Å². The second kappa shape index (κ2) is 4.29. The van der Waals surface area contributed by atoms with Gasteiger partial charge in [-0.2, -0.15) is 5.26 Å². The van der Waals surface area contributed by atoms with Crippen LogP contribution in [0.4, 0.5) is 0 Å². The van der Waals surface area contributed by atoms with Crippen molar-refractivity contribution in [3.05, 3.63) is 0 Å². The van der Waals surface area contributed by atoms with E-state index in [9.17, 15) is 0 Å². The number of hydrogen-bond acceptors (Lipinski definition) is 3. The summed E-state index contributed by atoms with van der Waals surface area (Å²) in [6, 6.07) is 2.37. The number of nitrogens with one attached hydrogen (secondary N) is 1. The van der Waals surface area contributed by atoms with Crippen molar-refractivity contribution in [2.45, 2.75) is 45.1 Å². The van der Waals surface area contributed by atoms with Crippen LogP contribution >= 0.6 is 0 Å². The first kappa shape index (κ1) is 11.5. The molecule has 1 saturated carbocycles. The van der Waals surface area contributed by atoms with E-state index in [0.717, 1.165) is 25.7 Å². The van der Waals surface area contributed by atoms with Crippen molar-refractivity contribution in [1.29, 1.82) is 5.26 Å². The highest BCUT2D eigenvalue weighted by Crippen LogP contribution is 2.39. The Morgan fingerprint density at radius 2 is 1.86 bits per heavy atom. The molecule has 0 aliphatic heterocycles. The summed E-state index contributed by atoms with van der Waals surface area (Å²) in [5, 5.41) is 21.0. The molecule has 0 aromatic rings. The smallest absolute Gasteiger partial charge is 0.106 e. The monoisotopic (exact) mass is 196 g/mol. The van der Waals surface area contributed by atoms with E-state index in [4.69, 9.17) is 10.4 Å². The van der Waals surface area contributed by atoms with Gasteiger partial charge in [0.1, 0.15) is 5.54 Å². The fourth-order valence-corrected chi connectivity index (χ4v) is 1.98. The fourth-order valence-electron chi connectivity index (χ4n) is 1.98. The molecule has 3 nitrogen and oxygen atoms in total. The minimum Gasteiger partial charge on any atom is -0.395 e. The molecule has 0 unspecified atom stereocenters. The highest BCUT2D eigenvalue weighted by molar-refractivity contribution is 5.10. The zero-order valence-electron chi connectivity index (χ0n) is 9.14. The molecule has 0 bridgehead atoms. The van der Waals surface area contributed by atoms with Crippen molar-refractivity contribution >= 4 is 0 Å². The number of aliphatic hydroxyl groups is 1. The number of rotatable bonds is 3. The average Bonchev–Trinajstić information content (AvgIpc) is 2.18. The van der Waals surface area contributed by atoms with Crippen LogP contribution in [0.25, 0.3) is 0 Å². The lowest BCUT2D eigenvalue weighted by atomic mass is 9.70. The van der Waals surface area contributed by atoms with Crippen LogP contribution in [-0.4, -0.2) is 23.8 Å². The van der Waals surface area contributed by atoms with Gasteiger partial charge in [-0.25, -0.2) is 0 Å². The average molecular weight is 196 g/mol. The molecule has 14 heavy (non-hydrogen) atoms. The third-order valence-electron chi connectivity index (χ3n) is 3.25. The van der Waals surface area contributed by atoms with Crippen molar-refractivity contribution in [1.82, 2.24) is 5.32 Å². The summed E-state index contributed by atoms with van der Waals surface area (Å²) in [5.41, 5.74) is -0.000501. The van der Waals surface area contributed by atoms with Crippen LogP contribution in [0.5, 0.6) is 0 Å². The summed E-state index contributed by atoms with van der Waals surface area (Å²) in [4.78, 5) is 0. The van der Waals surface area contributed by atoms with Gasteiger partial charge in [-0.1, -0.05) is 13.8 Å². The Bertz CT molecular complexity index is 220. The number of β-amino-alcohol motifs (C(OH)–C–C–N with tert-alkyl or cyclic N) is 1. The first-order valence-corrected chi connectivity index (χ1v) is 5.31. The number of aliphatic hydroxyl groups excluding tert-OH is 1. The van der Waals surface area contributed by atoms with E-state index in [1.54, 1.807) is 0 Å². The SMILES string of the molecule is CC1(C)CCC(C#N)(NCCO)CC1. The molecule has 0 aromatic heterocycles. The summed E-state index contributed by atoms with van der Waals surface area (Å²) in [6.07, 6.45) is 3.96. The van der Waals surface area contributed by atoms with E-state index >= 15 is 0 Å². The summed E-state index contributed by atoms with van der Waals surface area (Å²) < 4.78 is 0. The Balaban J connectivity index is 2.54. The lowest BCUT2D eigenvalue weighted by Crippen LogP contribution is -2.49. The second-order valence-corrected chi connectivity index (χ2v) is 5.01. The van der Waals surface area contributed by atoms with Gasteiger partial charge in [-0.3, -0.25) is 5.32 Å². The predicted molar refractivity (Wildman–Crippen MR) is 55.7 cm³/mol. The maximum Gasteiger partial charge on any atom is 0.106 e. The molecule has 0 saturated heterocycles. The molecule has 0 radical (unpaired) electrons. The van der Waals surface area contributed by atoms with Gasteiger partial charge in [0.2, 0.25) is 0 Å². The Morgan fingerprint density at radius 3 is 2.29 bits per heavy atom. The van der Waals surface area contributed by atoms with Crippen LogP contribution in [-0.2, 0) is 0 Å². The Morgan fingerprint density at radius 1 is 1.29 bits per heavy atom. The van der Waals surface area contributed by atoms with E-state index in [-0.39, 0.29) is 12.1 Å². The number of nitrogens with zero attached hydrogens (tertiary/aromatic N) is 1. The Labute approximate surface area is 86.1 Å².